The number of aromatic nitrogens is 1. The van der Waals surface area contributed by atoms with Crippen molar-refractivity contribution in [3.8, 4) is 0 Å². The summed E-state index contributed by atoms with van der Waals surface area (Å²) in [6, 6.07) is 10.8. The van der Waals surface area contributed by atoms with Crippen LogP contribution in [0.1, 0.15) is 44.5 Å². The second-order valence-electron chi connectivity index (χ2n) is 8.60. The number of hydrazone groups is 1. The zero-order valence-corrected chi connectivity index (χ0v) is 18.8. The van der Waals surface area contributed by atoms with Crippen molar-refractivity contribution >= 4 is 29.3 Å². The number of nitrogens with one attached hydrogen (secondary N) is 1. The van der Waals surface area contributed by atoms with Gasteiger partial charge in [-0.3, -0.25) is 4.79 Å². The van der Waals surface area contributed by atoms with E-state index in [-0.39, 0.29) is 30.1 Å². The molecule has 8 heteroatoms. The maximum absolute atomic E-state index is 13.1. The smallest absolute Gasteiger partial charge is 0.318 e. The molecule has 1 aliphatic rings. The number of urea groups is 1. The molecule has 0 bridgehead atoms. The highest BCUT2D eigenvalue weighted by Gasteiger charge is 2.34. The molecule has 2 heterocycles. The highest BCUT2D eigenvalue weighted by molar-refractivity contribution is 6.30. The molecule has 0 fully saturated rings. The van der Waals surface area contributed by atoms with Gasteiger partial charge in [0.2, 0.25) is 0 Å². The van der Waals surface area contributed by atoms with Gasteiger partial charge in [-0.2, -0.15) is 5.10 Å². The number of carbonyl (C=O) groups is 2. The Balaban J connectivity index is 1.84. The summed E-state index contributed by atoms with van der Waals surface area (Å²) in [5, 5.41) is 9.64. The minimum Gasteiger partial charge on any atom is -0.350 e. The van der Waals surface area contributed by atoms with Gasteiger partial charge in [0.25, 0.3) is 5.91 Å². The fourth-order valence-electron chi connectivity index (χ4n) is 3.36. The molecule has 30 heavy (non-hydrogen) atoms. The lowest BCUT2D eigenvalue weighted by Crippen LogP contribution is -2.49. The Bertz CT molecular complexity index is 959. The van der Waals surface area contributed by atoms with Crippen LogP contribution in [0, 0.1) is 0 Å². The van der Waals surface area contributed by atoms with Gasteiger partial charge in [-0.15, -0.1) is 0 Å². The van der Waals surface area contributed by atoms with Crippen LogP contribution in [-0.2, 0) is 11.8 Å². The van der Waals surface area contributed by atoms with Gasteiger partial charge in [0, 0.05) is 37.3 Å². The van der Waals surface area contributed by atoms with Gasteiger partial charge in [0.15, 0.2) is 0 Å². The molecule has 1 N–H and O–H groups in total. The summed E-state index contributed by atoms with van der Waals surface area (Å²) >= 11 is 6.04. The molecule has 1 atom stereocenters. The first-order valence-corrected chi connectivity index (χ1v) is 10.2. The van der Waals surface area contributed by atoms with Crippen LogP contribution in [0.5, 0.6) is 0 Å². The van der Waals surface area contributed by atoms with Gasteiger partial charge in [0.05, 0.1) is 17.4 Å². The Kier molecular flexibility index (Phi) is 6.22. The van der Waals surface area contributed by atoms with E-state index in [1.165, 1.54) is 9.91 Å². The van der Waals surface area contributed by atoms with Crippen LogP contribution < -0.4 is 5.32 Å². The third-order valence-corrected chi connectivity index (χ3v) is 5.11. The van der Waals surface area contributed by atoms with Crippen molar-refractivity contribution in [2.75, 3.05) is 13.6 Å². The maximum atomic E-state index is 13.1. The van der Waals surface area contributed by atoms with Crippen molar-refractivity contribution < 1.29 is 9.59 Å². The zero-order chi connectivity index (χ0) is 22.1. The van der Waals surface area contributed by atoms with Gasteiger partial charge in [-0.05, 0) is 50.6 Å². The molecule has 3 amide bonds. The summed E-state index contributed by atoms with van der Waals surface area (Å²) in [5.41, 5.74) is 2.36. The Morgan fingerprint density at radius 3 is 2.47 bits per heavy atom. The van der Waals surface area contributed by atoms with Gasteiger partial charge in [-0.1, -0.05) is 23.7 Å². The SMILES string of the molecule is CN(CC(=O)N1N=C(c2cccn2C)CC1c1ccc(Cl)cc1)C(=O)NC(C)(C)C. The number of nitrogens with zero attached hydrogens (tertiary/aromatic N) is 4. The van der Waals surface area contributed by atoms with E-state index >= 15 is 0 Å². The number of rotatable bonds is 4. The fraction of sp³-hybridized carbons (Fsp3) is 0.409. The van der Waals surface area contributed by atoms with Crippen LogP contribution in [0.25, 0.3) is 0 Å². The van der Waals surface area contributed by atoms with Crippen LogP contribution in [0.2, 0.25) is 5.02 Å². The molecule has 160 valence electrons. The lowest BCUT2D eigenvalue weighted by Gasteiger charge is -2.27. The van der Waals surface area contributed by atoms with Crippen molar-refractivity contribution in [3.05, 3.63) is 58.9 Å². The van der Waals surface area contributed by atoms with Crippen molar-refractivity contribution in [2.45, 2.75) is 38.8 Å². The predicted molar refractivity (Wildman–Crippen MR) is 119 cm³/mol. The molecular weight excluding hydrogens is 402 g/mol. The summed E-state index contributed by atoms with van der Waals surface area (Å²) in [6.07, 6.45) is 2.54. The maximum Gasteiger partial charge on any atom is 0.318 e. The first-order valence-electron chi connectivity index (χ1n) is 9.85. The number of benzene rings is 1. The third kappa shape index (κ3) is 5.02. The Morgan fingerprint density at radius 2 is 1.90 bits per heavy atom. The third-order valence-electron chi connectivity index (χ3n) is 4.86. The highest BCUT2D eigenvalue weighted by Crippen LogP contribution is 2.33. The quantitative estimate of drug-likeness (QED) is 0.803. The summed E-state index contributed by atoms with van der Waals surface area (Å²) in [4.78, 5) is 26.9. The molecule has 0 radical (unpaired) electrons. The minimum absolute atomic E-state index is 0.0735. The number of halogens is 1. The molecule has 0 spiro atoms. The molecule has 1 aromatic carbocycles. The van der Waals surface area contributed by atoms with E-state index in [1.54, 1.807) is 7.05 Å². The Labute approximate surface area is 182 Å². The molecule has 1 unspecified atom stereocenters. The summed E-state index contributed by atoms with van der Waals surface area (Å²) < 4.78 is 1.98. The topological polar surface area (TPSA) is 69.9 Å². The largest absolute Gasteiger partial charge is 0.350 e. The van der Waals surface area contributed by atoms with E-state index < -0.39 is 0 Å². The van der Waals surface area contributed by atoms with Gasteiger partial charge < -0.3 is 14.8 Å². The first kappa shape index (κ1) is 21.9. The fourth-order valence-corrected chi connectivity index (χ4v) is 3.49. The van der Waals surface area contributed by atoms with Crippen LogP contribution in [0.15, 0.2) is 47.7 Å². The number of amides is 3. The number of hydrogen-bond acceptors (Lipinski definition) is 3. The van der Waals surface area contributed by atoms with Crippen molar-refractivity contribution in [1.29, 1.82) is 0 Å². The van der Waals surface area contributed by atoms with E-state index in [9.17, 15) is 9.59 Å². The van der Waals surface area contributed by atoms with Crippen LogP contribution >= 0.6 is 11.6 Å². The summed E-state index contributed by atoms with van der Waals surface area (Å²) in [6.45, 7) is 5.62. The number of hydrogen-bond donors (Lipinski definition) is 1. The van der Waals surface area contributed by atoms with Crippen LogP contribution in [-0.4, -0.2) is 51.3 Å². The van der Waals surface area contributed by atoms with E-state index in [4.69, 9.17) is 11.6 Å². The summed E-state index contributed by atoms with van der Waals surface area (Å²) in [5.74, 6) is -0.245. The zero-order valence-electron chi connectivity index (χ0n) is 18.0. The molecule has 1 aromatic heterocycles. The predicted octanol–water partition coefficient (Wildman–Crippen LogP) is 3.80. The van der Waals surface area contributed by atoms with Crippen molar-refractivity contribution in [1.82, 2.24) is 19.8 Å². The van der Waals surface area contributed by atoms with Gasteiger partial charge in [0.1, 0.15) is 6.54 Å². The van der Waals surface area contributed by atoms with Crippen molar-refractivity contribution in [2.24, 2.45) is 12.1 Å². The number of likely N-dealkylation sites (N-methyl/N-ethyl adjacent to an activating group) is 1. The average Bonchev–Trinajstić information content (AvgIpc) is 3.27. The highest BCUT2D eigenvalue weighted by atomic mass is 35.5. The molecule has 0 aliphatic carbocycles. The first-order chi connectivity index (χ1) is 14.0. The van der Waals surface area contributed by atoms with Gasteiger partial charge >= 0.3 is 6.03 Å². The lowest BCUT2D eigenvalue weighted by atomic mass is 10.0. The number of aryl methyl sites for hydroxylation is 1. The van der Waals surface area contributed by atoms with Crippen LogP contribution in [0.4, 0.5) is 4.79 Å². The molecule has 7 nitrogen and oxygen atoms in total. The summed E-state index contributed by atoms with van der Waals surface area (Å²) in [7, 11) is 3.55. The van der Waals surface area contributed by atoms with E-state index in [1.807, 2.05) is 75.0 Å². The van der Waals surface area contributed by atoms with Gasteiger partial charge in [-0.25, -0.2) is 9.80 Å². The second kappa shape index (κ2) is 8.52. The van der Waals surface area contributed by atoms with Crippen molar-refractivity contribution in [3.63, 3.8) is 0 Å². The van der Waals surface area contributed by atoms with Crippen LogP contribution in [0.3, 0.4) is 0 Å². The molecule has 0 saturated heterocycles. The Morgan fingerprint density at radius 1 is 1.23 bits per heavy atom. The second-order valence-corrected chi connectivity index (χ2v) is 9.03. The lowest BCUT2D eigenvalue weighted by molar-refractivity contribution is -0.133. The minimum atomic E-state index is -0.383. The monoisotopic (exact) mass is 429 g/mol. The number of carbonyl (C=O) groups excluding carboxylic acids is 2. The molecule has 0 saturated carbocycles. The average molecular weight is 430 g/mol. The molecule has 2 aromatic rings. The Hall–Kier alpha value is -2.80. The molecule has 3 rings (SSSR count). The van der Waals surface area contributed by atoms with E-state index in [0.717, 1.165) is 17.0 Å². The normalized spacial score (nSPS) is 16.4. The van der Waals surface area contributed by atoms with E-state index in [0.29, 0.717) is 11.4 Å². The molecule has 1 aliphatic heterocycles. The molecular formula is C22H28ClN5O2. The standard InChI is InChI=1S/C22H28ClN5O2/c1-22(2,3)24-21(30)27(5)14-20(29)28-19(15-8-10-16(23)11-9-15)13-17(25-28)18-7-6-12-26(18)4/h6-12,19H,13-14H2,1-5H3,(H,24,30). The van der Waals surface area contributed by atoms with E-state index in [2.05, 4.69) is 10.4 Å².